The minimum Gasteiger partial charge on any atom is -0.491 e. The first-order valence-electron chi connectivity index (χ1n) is 6.83. The predicted octanol–water partition coefficient (Wildman–Crippen LogP) is 5.41. The topological polar surface area (TPSA) is 21.3 Å². The summed E-state index contributed by atoms with van der Waals surface area (Å²) < 4.78 is 6.74. The highest BCUT2D eigenvalue weighted by Crippen LogP contribution is 2.23. The molecule has 0 aliphatic heterocycles. The second-order valence-corrected chi connectivity index (χ2v) is 6.02. The first kappa shape index (κ1) is 14.9. The van der Waals surface area contributed by atoms with Gasteiger partial charge < -0.3 is 10.1 Å². The van der Waals surface area contributed by atoms with Crippen molar-refractivity contribution >= 4 is 21.6 Å². The molecule has 1 unspecified atom stereocenters. The van der Waals surface area contributed by atoms with Crippen molar-refractivity contribution in [1.29, 1.82) is 0 Å². The largest absolute Gasteiger partial charge is 0.491 e. The molecule has 0 bridgehead atoms. The van der Waals surface area contributed by atoms with Gasteiger partial charge in [0.1, 0.15) is 5.75 Å². The number of rotatable bonds is 5. The van der Waals surface area contributed by atoms with Gasteiger partial charge in [0.2, 0.25) is 0 Å². The van der Waals surface area contributed by atoms with Gasteiger partial charge in [-0.3, -0.25) is 0 Å². The van der Waals surface area contributed by atoms with Crippen LogP contribution in [0.2, 0.25) is 0 Å². The van der Waals surface area contributed by atoms with Crippen LogP contribution in [0.15, 0.2) is 53.0 Å². The lowest BCUT2D eigenvalue weighted by molar-refractivity contribution is 0.242. The number of halogens is 1. The summed E-state index contributed by atoms with van der Waals surface area (Å²) in [6, 6.07) is 16.7. The maximum atomic E-state index is 5.64. The Morgan fingerprint density at radius 2 is 1.50 bits per heavy atom. The van der Waals surface area contributed by atoms with Gasteiger partial charge >= 0.3 is 0 Å². The molecule has 0 fully saturated rings. The second kappa shape index (κ2) is 6.80. The van der Waals surface area contributed by atoms with Crippen molar-refractivity contribution in [2.75, 3.05) is 5.32 Å². The molecule has 1 N–H and O–H groups in total. The fourth-order valence-electron chi connectivity index (χ4n) is 1.99. The van der Waals surface area contributed by atoms with Crippen molar-refractivity contribution in [3.05, 3.63) is 58.6 Å². The Kier molecular flexibility index (Phi) is 5.07. The van der Waals surface area contributed by atoms with Crippen molar-refractivity contribution < 1.29 is 4.74 Å². The summed E-state index contributed by atoms with van der Waals surface area (Å²) in [5.74, 6) is 0.904. The average Bonchev–Trinajstić information content (AvgIpc) is 2.41. The van der Waals surface area contributed by atoms with E-state index in [0.29, 0.717) is 0 Å². The number of anilines is 1. The molecule has 0 aliphatic rings. The third-order valence-corrected chi connectivity index (χ3v) is 3.51. The Hall–Kier alpha value is -1.48. The summed E-state index contributed by atoms with van der Waals surface area (Å²) >= 11 is 3.45. The van der Waals surface area contributed by atoms with Gasteiger partial charge in [-0.25, -0.2) is 0 Å². The lowest BCUT2D eigenvalue weighted by Gasteiger charge is -2.16. The Bertz CT molecular complexity index is 534. The lowest BCUT2D eigenvalue weighted by atomic mass is 10.1. The van der Waals surface area contributed by atoms with E-state index >= 15 is 0 Å². The van der Waals surface area contributed by atoms with E-state index in [-0.39, 0.29) is 12.1 Å². The van der Waals surface area contributed by atoms with Gasteiger partial charge in [0.05, 0.1) is 6.10 Å². The van der Waals surface area contributed by atoms with Crippen LogP contribution in [0.5, 0.6) is 5.75 Å². The van der Waals surface area contributed by atoms with Crippen LogP contribution in [0, 0.1) is 0 Å². The van der Waals surface area contributed by atoms with Crippen LogP contribution in [-0.4, -0.2) is 6.10 Å². The van der Waals surface area contributed by atoms with Crippen LogP contribution in [0.4, 0.5) is 5.69 Å². The Balaban J connectivity index is 2.00. The summed E-state index contributed by atoms with van der Waals surface area (Å²) in [5.41, 5.74) is 2.35. The zero-order chi connectivity index (χ0) is 14.5. The van der Waals surface area contributed by atoms with E-state index in [2.05, 4.69) is 52.4 Å². The van der Waals surface area contributed by atoms with Crippen molar-refractivity contribution in [2.24, 2.45) is 0 Å². The number of hydrogen-bond donors (Lipinski definition) is 1. The lowest BCUT2D eigenvalue weighted by Crippen LogP contribution is -2.07. The monoisotopic (exact) mass is 333 g/mol. The minimum absolute atomic E-state index is 0.204. The zero-order valence-electron chi connectivity index (χ0n) is 12.1. The Morgan fingerprint density at radius 1 is 0.900 bits per heavy atom. The standard InChI is InChI=1S/C17H20BrNO/c1-12(2)20-17-10-8-16(9-11-17)19-13(3)14-4-6-15(18)7-5-14/h4-13,19H,1-3H3. The highest BCUT2D eigenvalue weighted by molar-refractivity contribution is 9.10. The summed E-state index contributed by atoms with van der Waals surface area (Å²) in [6.07, 6.45) is 0.204. The van der Waals surface area contributed by atoms with E-state index in [1.807, 2.05) is 38.1 Å². The molecule has 0 saturated heterocycles. The maximum absolute atomic E-state index is 5.64. The molecule has 0 aliphatic carbocycles. The summed E-state index contributed by atoms with van der Waals surface area (Å²) in [4.78, 5) is 0. The number of nitrogens with one attached hydrogen (secondary N) is 1. The van der Waals surface area contributed by atoms with Gasteiger partial charge in [-0.05, 0) is 62.7 Å². The minimum atomic E-state index is 0.204. The smallest absolute Gasteiger partial charge is 0.119 e. The molecule has 0 aromatic heterocycles. The van der Waals surface area contributed by atoms with E-state index in [4.69, 9.17) is 4.74 Å². The predicted molar refractivity (Wildman–Crippen MR) is 88.4 cm³/mol. The van der Waals surface area contributed by atoms with Crippen LogP contribution in [0.3, 0.4) is 0 Å². The third kappa shape index (κ3) is 4.27. The molecule has 2 aromatic carbocycles. The third-order valence-electron chi connectivity index (χ3n) is 2.98. The maximum Gasteiger partial charge on any atom is 0.119 e. The van der Waals surface area contributed by atoms with Crippen molar-refractivity contribution in [3.63, 3.8) is 0 Å². The van der Waals surface area contributed by atoms with Crippen molar-refractivity contribution in [1.82, 2.24) is 0 Å². The van der Waals surface area contributed by atoms with Gasteiger partial charge in [0.25, 0.3) is 0 Å². The van der Waals surface area contributed by atoms with E-state index in [9.17, 15) is 0 Å². The molecule has 0 amide bonds. The molecule has 106 valence electrons. The summed E-state index contributed by atoms with van der Waals surface area (Å²) in [7, 11) is 0. The summed E-state index contributed by atoms with van der Waals surface area (Å²) in [6.45, 7) is 6.21. The molecular formula is C17H20BrNO. The fraction of sp³-hybridized carbons (Fsp3) is 0.294. The van der Waals surface area contributed by atoms with Crippen molar-refractivity contribution in [2.45, 2.75) is 32.9 Å². The number of ether oxygens (including phenoxy) is 1. The van der Waals surface area contributed by atoms with Gasteiger partial charge in [0, 0.05) is 16.2 Å². The van der Waals surface area contributed by atoms with Gasteiger partial charge in [0.15, 0.2) is 0 Å². The number of benzene rings is 2. The molecule has 2 rings (SSSR count). The van der Waals surface area contributed by atoms with E-state index in [1.165, 1.54) is 5.56 Å². The van der Waals surface area contributed by atoms with Gasteiger partial charge in [-0.2, -0.15) is 0 Å². The van der Waals surface area contributed by atoms with Gasteiger partial charge in [-0.1, -0.05) is 28.1 Å². The highest BCUT2D eigenvalue weighted by atomic mass is 79.9. The van der Waals surface area contributed by atoms with Crippen molar-refractivity contribution in [3.8, 4) is 5.75 Å². The zero-order valence-corrected chi connectivity index (χ0v) is 13.6. The molecule has 3 heteroatoms. The van der Waals surface area contributed by atoms with E-state index in [1.54, 1.807) is 0 Å². The van der Waals surface area contributed by atoms with Crippen LogP contribution in [0.25, 0.3) is 0 Å². The number of hydrogen-bond acceptors (Lipinski definition) is 2. The molecule has 2 aromatic rings. The molecule has 1 atom stereocenters. The fourth-order valence-corrected chi connectivity index (χ4v) is 2.25. The Labute approximate surface area is 129 Å². The molecule has 0 saturated carbocycles. The van der Waals surface area contributed by atoms with Crippen LogP contribution < -0.4 is 10.1 Å². The molecule has 2 nitrogen and oxygen atoms in total. The SMILES string of the molecule is CC(C)Oc1ccc(NC(C)c2ccc(Br)cc2)cc1. The molecule has 0 spiro atoms. The highest BCUT2D eigenvalue weighted by Gasteiger charge is 2.05. The van der Waals surface area contributed by atoms with Crippen LogP contribution in [0.1, 0.15) is 32.4 Å². The molecule has 20 heavy (non-hydrogen) atoms. The van der Waals surface area contributed by atoms with Crippen LogP contribution in [-0.2, 0) is 0 Å². The van der Waals surface area contributed by atoms with Crippen LogP contribution >= 0.6 is 15.9 Å². The first-order chi connectivity index (χ1) is 9.54. The molecule has 0 radical (unpaired) electrons. The first-order valence-corrected chi connectivity index (χ1v) is 7.62. The molecule has 0 heterocycles. The second-order valence-electron chi connectivity index (χ2n) is 5.11. The Morgan fingerprint density at radius 3 is 2.05 bits per heavy atom. The molecular weight excluding hydrogens is 314 g/mol. The average molecular weight is 334 g/mol. The quantitative estimate of drug-likeness (QED) is 0.789. The normalized spacial score (nSPS) is 12.2. The van der Waals surface area contributed by atoms with E-state index in [0.717, 1.165) is 15.9 Å². The summed E-state index contributed by atoms with van der Waals surface area (Å²) in [5, 5.41) is 3.49. The van der Waals surface area contributed by atoms with Gasteiger partial charge in [-0.15, -0.1) is 0 Å². The van der Waals surface area contributed by atoms with E-state index < -0.39 is 0 Å².